The lowest BCUT2D eigenvalue weighted by molar-refractivity contribution is -0.385. The van der Waals surface area contributed by atoms with Crippen LogP contribution in [0.15, 0.2) is 24.3 Å². The second kappa shape index (κ2) is 17.1. The van der Waals surface area contributed by atoms with Crippen molar-refractivity contribution in [3.63, 3.8) is 0 Å². The molecule has 0 saturated carbocycles. The number of nitro benzene ring substituents is 2. The van der Waals surface area contributed by atoms with Crippen LogP contribution in [0.4, 0.5) is 11.4 Å². The van der Waals surface area contributed by atoms with E-state index in [2.05, 4.69) is 0 Å². The number of aliphatic hydroxyl groups excluding tert-OH is 2. The van der Waals surface area contributed by atoms with Crippen LogP contribution >= 0.6 is 0 Å². The lowest BCUT2D eigenvalue weighted by atomic mass is 10.1. The van der Waals surface area contributed by atoms with Crippen molar-refractivity contribution in [2.75, 3.05) is 40.5 Å². The van der Waals surface area contributed by atoms with Gasteiger partial charge in [0.15, 0.2) is 11.5 Å². The van der Waals surface area contributed by atoms with Gasteiger partial charge in [0.25, 0.3) is 23.2 Å². The van der Waals surface area contributed by atoms with Crippen LogP contribution in [0, 0.1) is 27.2 Å². The van der Waals surface area contributed by atoms with E-state index in [1.54, 1.807) is 13.8 Å². The van der Waals surface area contributed by atoms with Gasteiger partial charge in [-0.3, -0.25) is 29.8 Å². The van der Waals surface area contributed by atoms with Gasteiger partial charge in [-0.25, -0.2) is 4.79 Å². The number of amides is 2. The molecule has 2 saturated heterocycles. The average molecular weight is 705 g/mol. The molecule has 0 spiro atoms. The van der Waals surface area contributed by atoms with Gasteiger partial charge in [-0.2, -0.15) is 9.59 Å². The Morgan fingerprint density at radius 3 is 1.86 bits per heavy atom. The van der Waals surface area contributed by atoms with Crippen LogP contribution in [0.1, 0.15) is 52.5 Å². The van der Waals surface area contributed by atoms with Crippen LogP contribution < -0.4 is 14.2 Å². The number of esters is 1. The minimum atomic E-state index is -1.09. The Morgan fingerprint density at radius 2 is 1.34 bits per heavy atom. The molecule has 2 aromatic rings. The molecule has 2 aliphatic heterocycles. The molecule has 2 aromatic carbocycles. The van der Waals surface area contributed by atoms with Crippen LogP contribution in [0.2, 0.25) is 0 Å². The third kappa shape index (κ3) is 8.87. The molecule has 2 N–H and O–H groups in total. The van der Waals surface area contributed by atoms with Crippen molar-refractivity contribution < 1.29 is 63.0 Å². The zero-order valence-corrected chi connectivity index (χ0v) is 27.6. The summed E-state index contributed by atoms with van der Waals surface area (Å²) in [5, 5.41) is 43.7. The molecule has 0 radical (unpaired) electrons. The zero-order valence-electron chi connectivity index (χ0n) is 27.6. The van der Waals surface area contributed by atoms with Crippen LogP contribution in [0.5, 0.6) is 17.2 Å². The predicted molar refractivity (Wildman–Crippen MR) is 167 cm³/mol. The minimum absolute atomic E-state index is 0.00414. The molecule has 50 heavy (non-hydrogen) atoms. The molecule has 4 rings (SSSR count). The molecule has 19 heteroatoms. The Morgan fingerprint density at radius 1 is 0.840 bits per heavy atom. The number of aliphatic hydroxyl groups is 2. The summed E-state index contributed by atoms with van der Waals surface area (Å²) in [6, 6.07) is 3.31. The van der Waals surface area contributed by atoms with Gasteiger partial charge >= 0.3 is 12.1 Å². The molecule has 0 bridgehead atoms. The number of ether oxygens (including phenoxy) is 4. The van der Waals surface area contributed by atoms with E-state index in [-0.39, 0.29) is 79.7 Å². The molecule has 19 nitrogen and oxygen atoms in total. The van der Waals surface area contributed by atoms with Crippen LogP contribution in [0.3, 0.4) is 0 Å². The first-order chi connectivity index (χ1) is 23.7. The molecule has 2 amide bonds. The van der Waals surface area contributed by atoms with E-state index in [0.717, 1.165) is 24.1 Å². The van der Waals surface area contributed by atoms with Crippen molar-refractivity contribution in [3.8, 4) is 17.2 Å². The number of nitrogens with zero attached hydrogens (tertiary/aromatic N) is 4. The van der Waals surface area contributed by atoms with Gasteiger partial charge < -0.3 is 39.0 Å². The summed E-state index contributed by atoms with van der Waals surface area (Å²) >= 11 is 0. The smallest absolute Gasteiger partial charge is 0.373 e. The number of carbonyl (C=O) groups excluding carboxylic acids is 5. The Labute approximate surface area is 284 Å². The number of hydrogen-bond donors (Lipinski definition) is 2. The number of aryl methyl sites for hydroxylation is 1. The third-order valence-corrected chi connectivity index (χ3v) is 8.06. The summed E-state index contributed by atoms with van der Waals surface area (Å²) < 4.78 is 21.5. The quantitative estimate of drug-likeness (QED) is 0.137. The van der Waals surface area contributed by atoms with Gasteiger partial charge in [0.1, 0.15) is 22.9 Å². The van der Waals surface area contributed by atoms with E-state index in [4.69, 9.17) is 28.5 Å². The Kier molecular flexibility index (Phi) is 13.3. The first-order valence-corrected chi connectivity index (χ1v) is 15.1. The van der Waals surface area contributed by atoms with Gasteiger partial charge in [-0.1, -0.05) is 0 Å². The number of methoxy groups -OCH3 is 2. The summed E-state index contributed by atoms with van der Waals surface area (Å²) in [4.78, 5) is 79.5. The Balaban J connectivity index is 0.00000217. The highest BCUT2D eigenvalue weighted by atomic mass is 16.6. The van der Waals surface area contributed by atoms with Crippen LogP contribution in [-0.4, -0.2) is 119 Å². The number of hydrogen-bond acceptors (Lipinski definition) is 15. The highest BCUT2D eigenvalue weighted by molar-refractivity contribution is 6.01. The van der Waals surface area contributed by atoms with Gasteiger partial charge in [0.05, 0.1) is 61.6 Å². The maximum absolute atomic E-state index is 13.3. The second-order valence-corrected chi connectivity index (χ2v) is 11.4. The summed E-state index contributed by atoms with van der Waals surface area (Å²) in [6.07, 6.45) is -0.940. The van der Waals surface area contributed by atoms with Crippen molar-refractivity contribution in [2.45, 2.75) is 57.4 Å². The normalized spacial score (nSPS) is 19.5. The summed E-state index contributed by atoms with van der Waals surface area (Å²) in [6.45, 7) is 3.18. The lowest BCUT2D eigenvalue weighted by Gasteiger charge is -2.22. The monoisotopic (exact) mass is 704 g/mol. The molecule has 2 aliphatic rings. The highest BCUT2D eigenvalue weighted by Gasteiger charge is 2.42. The van der Waals surface area contributed by atoms with Crippen molar-refractivity contribution in [3.05, 3.63) is 61.2 Å². The molecule has 2 heterocycles. The number of β-amino-alcohol motifs (C(OH)–C–C–N with tert-alkyl or cyclic N) is 2. The van der Waals surface area contributed by atoms with Crippen LogP contribution in [-0.2, 0) is 19.1 Å². The largest absolute Gasteiger partial charge is 0.493 e. The molecule has 270 valence electrons. The van der Waals surface area contributed by atoms with Gasteiger partial charge in [0, 0.05) is 38.0 Å². The standard InChI is InChI=1S/C30H36N4O13.CO2/c1-16-8-20(29(38)32-15-19(36)10-24(32)30(39)45-4)22(33(40)41)12-25(16)46-6-5-7-47-27-13-23(34(42)43)21(11-26(27)44-3)28(37)31-14-18(35)9-17(31)2;2-1-3/h8,11-13,17-19,24,35-36H,5-7,9-10,14-15H2,1-4H3;/t17-,18-,19-,24+;/m1./s1. The van der Waals surface area contributed by atoms with E-state index < -0.39 is 57.3 Å². The van der Waals surface area contributed by atoms with Crippen molar-refractivity contribution in [2.24, 2.45) is 0 Å². The Bertz CT molecular complexity index is 1660. The number of likely N-dealkylation sites (tertiary alicyclic amines) is 2. The van der Waals surface area contributed by atoms with Crippen molar-refractivity contribution >= 4 is 35.3 Å². The first kappa shape index (κ1) is 38.8. The maximum atomic E-state index is 13.3. The zero-order chi connectivity index (χ0) is 37.3. The number of rotatable bonds is 12. The highest BCUT2D eigenvalue weighted by Crippen LogP contribution is 2.37. The first-order valence-electron chi connectivity index (χ1n) is 15.1. The van der Waals surface area contributed by atoms with Gasteiger partial charge in [-0.05, 0) is 31.9 Å². The molecule has 4 atom stereocenters. The fraction of sp³-hybridized carbons (Fsp3) is 0.484. The topological polar surface area (TPSA) is 255 Å². The number of nitro groups is 2. The third-order valence-electron chi connectivity index (χ3n) is 8.06. The fourth-order valence-electron chi connectivity index (χ4n) is 5.72. The summed E-state index contributed by atoms with van der Waals surface area (Å²) in [7, 11) is 2.46. The number of benzene rings is 2. The molecule has 0 aromatic heterocycles. The molecular weight excluding hydrogens is 668 g/mol. The summed E-state index contributed by atoms with van der Waals surface area (Å²) in [5.41, 5.74) is -1.14. The lowest BCUT2D eigenvalue weighted by Crippen LogP contribution is -2.41. The van der Waals surface area contributed by atoms with Gasteiger partial charge in [0.2, 0.25) is 0 Å². The predicted octanol–water partition coefficient (Wildman–Crippen LogP) is 1.43. The molecular formula is C31H36N4O15. The minimum Gasteiger partial charge on any atom is -0.493 e. The summed E-state index contributed by atoms with van der Waals surface area (Å²) in [5.74, 6) is -1.95. The average Bonchev–Trinajstić information content (AvgIpc) is 3.64. The molecule has 0 unspecified atom stereocenters. The fourth-order valence-corrected chi connectivity index (χ4v) is 5.72. The second-order valence-electron chi connectivity index (χ2n) is 11.4. The molecule has 2 fully saturated rings. The van der Waals surface area contributed by atoms with E-state index in [0.29, 0.717) is 12.0 Å². The van der Waals surface area contributed by atoms with Crippen molar-refractivity contribution in [1.82, 2.24) is 9.80 Å². The number of carbonyl (C=O) groups is 3. The van der Waals surface area contributed by atoms with E-state index in [1.165, 1.54) is 24.1 Å². The van der Waals surface area contributed by atoms with E-state index in [9.17, 15) is 44.8 Å². The van der Waals surface area contributed by atoms with E-state index in [1.807, 2.05) is 0 Å². The van der Waals surface area contributed by atoms with E-state index >= 15 is 0 Å². The SMILES string of the molecule is COC(=O)[C@@H]1C[C@@H](O)CN1C(=O)c1cc(C)c(OCCCOc2cc([N+](=O)[O-])c(C(=O)N3C[C@H](O)C[C@H]3C)cc2OC)cc1[N+](=O)[O-].O=C=O. The maximum Gasteiger partial charge on any atom is 0.373 e. The molecule has 0 aliphatic carbocycles. The van der Waals surface area contributed by atoms with Crippen molar-refractivity contribution in [1.29, 1.82) is 0 Å². The Hall–Kier alpha value is -5.65. The van der Waals surface area contributed by atoms with Gasteiger partial charge in [-0.15, -0.1) is 0 Å². The van der Waals surface area contributed by atoms with Crippen LogP contribution in [0.25, 0.3) is 0 Å².